The largest absolute Gasteiger partial charge is 0.351 e. The average molecular weight is 342 g/mol. The number of nitrogens with zero attached hydrogens (tertiary/aromatic N) is 2. The van der Waals surface area contributed by atoms with Gasteiger partial charge in [0, 0.05) is 6.54 Å². The van der Waals surface area contributed by atoms with E-state index in [0.717, 1.165) is 11.1 Å². The Morgan fingerprint density at radius 2 is 1.92 bits per heavy atom. The molecule has 0 radical (unpaired) electrons. The number of hydrogen-bond donors (Lipinski definition) is 2. The van der Waals surface area contributed by atoms with E-state index >= 15 is 0 Å². The minimum atomic E-state index is -0.447. The zero-order valence-electron chi connectivity index (χ0n) is 12.6. The molecule has 0 aliphatic heterocycles. The van der Waals surface area contributed by atoms with Gasteiger partial charge in [0.05, 0.1) is 6.20 Å². The molecule has 1 heterocycles. The number of benzene rings is 2. The minimum Gasteiger partial charge on any atom is -0.351 e. The van der Waals surface area contributed by atoms with Gasteiger partial charge in [-0.2, -0.15) is 10.3 Å². The SMILES string of the molecule is O=C(NCc1ccc(F)cc1)[C@H](Sc1cn[nH]n1)c1ccccc1. The van der Waals surface area contributed by atoms with Gasteiger partial charge >= 0.3 is 0 Å². The fourth-order valence-corrected chi connectivity index (χ4v) is 3.09. The summed E-state index contributed by atoms with van der Waals surface area (Å²) in [5, 5.41) is 13.4. The second kappa shape index (κ2) is 7.74. The molecule has 3 rings (SSSR count). The van der Waals surface area contributed by atoms with E-state index < -0.39 is 5.25 Å². The number of rotatable bonds is 6. The lowest BCUT2D eigenvalue weighted by Crippen LogP contribution is -2.27. The average Bonchev–Trinajstić information content (AvgIpc) is 3.13. The summed E-state index contributed by atoms with van der Waals surface area (Å²) >= 11 is 1.32. The summed E-state index contributed by atoms with van der Waals surface area (Å²) in [6.07, 6.45) is 1.58. The molecule has 0 bridgehead atoms. The van der Waals surface area contributed by atoms with Crippen molar-refractivity contribution in [1.82, 2.24) is 20.7 Å². The highest BCUT2D eigenvalue weighted by Crippen LogP contribution is 2.33. The first-order valence-corrected chi connectivity index (χ1v) is 8.20. The van der Waals surface area contributed by atoms with Gasteiger partial charge < -0.3 is 5.32 Å². The zero-order valence-corrected chi connectivity index (χ0v) is 13.5. The summed E-state index contributed by atoms with van der Waals surface area (Å²) in [6, 6.07) is 15.5. The van der Waals surface area contributed by atoms with Crippen LogP contribution in [0.5, 0.6) is 0 Å². The molecule has 2 N–H and O–H groups in total. The summed E-state index contributed by atoms with van der Waals surface area (Å²) in [6.45, 7) is 0.335. The number of carbonyl (C=O) groups excluding carboxylic acids is 1. The Labute approximate surface area is 142 Å². The van der Waals surface area contributed by atoms with Gasteiger partial charge in [0.2, 0.25) is 5.91 Å². The fraction of sp³-hybridized carbons (Fsp3) is 0.118. The maximum atomic E-state index is 12.9. The summed E-state index contributed by atoms with van der Waals surface area (Å²) in [4.78, 5) is 12.6. The monoisotopic (exact) mass is 342 g/mol. The van der Waals surface area contributed by atoms with Crippen molar-refractivity contribution in [2.24, 2.45) is 0 Å². The summed E-state index contributed by atoms with van der Waals surface area (Å²) in [7, 11) is 0. The van der Waals surface area contributed by atoms with Gasteiger partial charge in [0.15, 0.2) is 0 Å². The number of aromatic amines is 1. The maximum absolute atomic E-state index is 12.9. The number of hydrogen-bond acceptors (Lipinski definition) is 4. The molecule has 24 heavy (non-hydrogen) atoms. The van der Waals surface area contributed by atoms with Crippen LogP contribution in [0.1, 0.15) is 16.4 Å². The van der Waals surface area contributed by atoms with E-state index in [1.807, 2.05) is 30.3 Å². The van der Waals surface area contributed by atoms with Crippen molar-refractivity contribution in [3.63, 3.8) is 0 Å². The highest BCUT2D eigenvalue weighted by atomic mass is 32.2. The first kappa shape index (κ1) is 16.2. The Balaban J connectivity index is 1.72. The third-order valence-corrected chi connectivity index (χ3v) is 4.51. The van der Waals surface area contributed by atoms with Gasteiger partial charge in [0.1, 0.15) is 16.1 Å². The molecule has 7 heteroatoms. The van der Waals surface area contributed by atoms with Crippen LogP contribution >= 0.6 is 11.8 Å². The molecule has 3 aromatic rings. The Bertz CT molecular complexity index is 778. The Kier molecular flexibility index (Phi) is 5.22. The third kappa shape index (κ3) is 4.20. The summed E-state index contributed by atoms with van der Waals surface area (Å²) in [5.74, 6) is -0.438. The molecule has 0 aliphatic rings. The van der Waals surface area contributed by atoms with Crippen LogP contribution in [0.3, 0.4) is 0 Å². The van der Waals surface area contributed by atoms with Crippen molar-refractivity contribution in [3.05, 3.63) is 77.7 Å². The molecule has 122 valence electrons. The van der Waals surface area contributed by atoms with Crippen molar-refractivity contribution < 1.29 is 9.18 Å². The van der Waals surface area contributed by atoms with E-state index in [4.69, 9.17) is 0 Å². The minimum absolute atomic E-state index is 0.140. The lowest BCUT2D eigenvalue weighted by Gasteiger charge is -2.15. The zero-order chi connectivity index (χ0) is 16.8. The van der Waals surface area contributed by atoms with Crippen LogP contribution in [-0.2, 0) is 11.3 Å². The van der Waals surface area contributed by atoms with Crippen LogP contribution in [0.25, 0.3) is 0 Å². The van der Waals surface area contributed by atoms with Crippen LogP contribution in [0.4, 0.5) is 4.39 Å². The molecule has 0 spiro atoms. The van der Waals surface area contributed by atoms with Crippen LogP contribution in [0.15, 0.2) is 65.8 Å². The maximum Gasteiger partial charge on any atom is 0.238 e. The molecule has 5 nitrogen and oxygen atoms in total. The van der Waals surface area contributed by atoms with Gasteiger partial charge in [-0.1, -0.05) is 54.2 Å². The predicted octanol–water partition coefficient (Wildman–Crippen LogP) is 3.09. The molecule has 0 unspecified atom stereocenters. The van der Waals surface area contributed by atoms with E-state index in [-0.39, 0.29) is 11.7 Å². The summed E-state index contributed by atoms with van der Waals surface area (Å²) in [5.41, 5.74) is 1.71. The van der Waals surface area contributed by atoms with Gasteiger partial charge in [-0.05, 0) is 23.3 Å². The molecular weight excluding hydrogens is 327 g/mol. The first-order chi connectivity index (χ1) is 11.7. The number of amides is 1. The van der Waals surface area contributed by atoms with Gasteiger partial charge in [0.25, 0.3) is 0 Å². The number of thioether (sulfide) groups is 1. The predicted molar refractivity (Wildman–Crippen MR) is 89.7 cm³/mol. The lowest BCUT2D eigenvalue weighted by atomic mass is 10.1. The normalized spacial score (nSPS) is 11.9. The highest BCUT2D eigenvalue weighted by molar-refractivity contribution is 8.00. The highest BCUT2D eigenvalue weighted by Gasteiger charge is 2.22. The second-order valence-electron chi connectivity index (χ2n) is 5.06. The van der Waals surface area contributed by atoms with E-state index in [0.29, 0.717) is 11.6 Å². The molecule has 1 amide bonds. The quantitative estimate of drug-likeness (QED) is 0.675. The standard InChI is InChI=1S/C17H15FN4OS/c18-14-8-6-12(7-9-14)10-19-17(23)16(13-4-2-1-3-5-13)24-15-11-20-22-21-15/h1-9,11,16H,10H2,(H,19,23)(H,20,21,22)/t16-/m1/s1. The Morgan fingerprint density at radius 3 is 2.58 bits per heavy atom. The van der Waals surface area contributed by atoms with Crippen molar-refractivity contribution in [2.75, 3.05) is 0 Å². The summed E-state index contributed by atoms with van der Waals surface area (Å²) < 4.78 is 12.9. The fourth-order valence-electron chi connectivity index (χ4n) is 2.15. The number of halogens is 1. The van der Waals surface area contributed by atoms with Crippen LogP contribution in [-0.4, -0.2) is 21.3 Å². The number of carbonyl (C=O) groups is 1. The molecular formula is C17H15FN4OS. The second-order valence-corrected chi connectivity index (χ2v) is 6.19. The van der Waals surface area contributed by atoms with Gasteiger partial charge in [-0.15, -0.1) is 5.10 Å². The molecule has 1 aromatic heterocycles. The Morgan fingerprint density at radius 1 is 1.17 bits per heavy atom. The van der Waals surface area contributed by atoms with E-state index in [2.05, 4.69) is 20.7 Å². The Hall–Kier alpha value is -2.67. The molecule has 0 aliphatic carbocycles. The topological polar surface area (TPSA) is 70.7 Å². The van der Waals surface area contributed by atoms with Crippen LogP contribution < -0.4 is 5.32 Å². The molecule has 0 saturated heterocycles. The smallest absolute Gasteiger partial charge is 0.238 e. The van der Waals surface area contributed by atoms with Crippen molar-refractivity contribution in [2.45, 2.75) is 16.8 Å². The molecule has 0 fully saturated rings. The lowest BCUT2D eigenvalue weighted by molar-refractivity contribution is -0.120. The van der Waals surface area contributed by atoms with Gasteiger partial charge in [-0.25, -0.2) is 4.39 Å². The van der Waals surface area contributed by atoms with Crippen LogP contribution in [0, 0.1) is 5.82 Å². The number of nitrogens with one attached hydrogen (secondary N) is 2. The molecule has 1 atom stereocenters. The van der Waals surface area contributed by atoms with Crippen molar-refractivity contribution in [3.8, 4) is 0 Å². The van der Waals surface area contributed by atoms with Crippen molar-refractivity contribution in [1.29, 1.82) is 0 Å². The van der Waals surface area contributed by atoms with Gasteiger partial charge in [-0.3, -0.25) is 4.79 Å². The first-order valence-electron chi connectivity index (χ1n) is 7.32. The molecule has 0 saturated carbocycles. The number of H-pyrrole nitrogens is 1. The van der Waals surface area contributed by atoms with E-state index in [1.54, 1.807) is 18.3 Å². The van der Waals surface area contributed by atoms with E-state index in [1.165, 1.54) is 23.9 Å². The molecule has 2 aromatic carbocycles. The van der Waals surface area contributed by atoms with E-state index in [9.17, 15) is 9.18 Å². The van der Waals surface area contributed by atoms with Crippen molar-refractivity contribution >= 4 is 17.7 Å². The number of aromatic nitrogens is 3. The van der Waals surface area contributed by atoms with Crippen LogP contribution in [0.2, 0.25) is 0 Å². The third-order valence-electron chi connectivity index (χ3n) is 3.35.